The first-order valence-corrected chi connectivity index (χ1v) is 5.66. The molecule has 86 valence electrons. The zero-order valence-corrected chi connectivity index (χ0v) is 9.96. The van der Waals surface area contributed by atoms with Crippen molar-refractivity contribution in [3.8, 4) is 17.3 Å². The van der Waals surface area contributed by atoms with E-state index in [1.807, 2.05) is 18.2 Å². The molecule has 1 aromatic carbocycles. The Balaban J connectivity index is 2.16. The Bertz CT molecular complexity index is 770. The summed E-state index contributed by atoms with van der Waals surface area (Å²) in [6.07, 6.45) is 1.75. The van der Waals surface area contributed by atoms with Crippen molar-refractivity contribution in [2.24, 2.45) is 0 Å². The highest BCUT2D eigenvalue weighted by molar-refractivity contribution is 6.29. The van der Waals surface area contributed by atoms with Crippen LogP contribution >= 0.6 is 11.6 Å². The molecule has 18 heavy (non-hydrogen) atoms. The Hall–Kier alpha value is -2.38. The number of nitrogens with zero attached hydrogens (tertiary/aromatic N) is 4. The van der Waals surface area contributed by atoms with Gasteiger partial charge in [-0.05, 0) is 18.2 Å². The summed E-state index contributed by atoms with van der Waals surface area (Å²) in [4.78, 5) is 4.17. The van der Waals surface area contributed by atoms with Crippen molar-refractivity contribution >= 4 is 17.2 Å². The van der Waals surface area contributed by atoms with Crippen LogP contribution in [0.3, 0.4) is 0 Å². The highest BCUT2D eigenvalue weighted by atomic mass is 35.5. The van der Waals surface area contributed by atoms with E-state index in [0.29, 0.717) is 16.4 Å². The predicted octanol–water partition coefficient (Wildman–Crippen LogP) is 2.92. The van der Waals surface area contributed by atoms with Crippen LogP contribution in [0, 0.1) is 11.3 Å². The molecule has 5 heteroatoms. The topological polar surface area (TPSA) is 54.0 Å². The van der Waals surface area contributed by atoms with E-state index in [9.17, 15) is 0 Å². The van der Waals surface area contributed by atoms with Crippen LogP contribution in [0.1, 0.15) is 5.56 Å². The van der Waals surface area contributed by atoms with E-state index >= 15 is 0 Å². The average molecular weight is 255 g/mol. The number of nitriles is 1. The monoisotopic (exact) mass is 254 g/mol. The fraction of sp³-hybridized carbons (Fsp3) is 0. The Morgan fingerprint density at radius 2 is 2.11 bits per heavy atom. The molecule has 0 atom stereocenters. The van der Waals surface area contributed by atoms with E-state index in [4.69, 9.17) is 16.9 Å². The van der Waals surface area contributed by atoms with Crippen LogP contribution in [-0.2, 0) is 0 Å². The lowest BCUT2D eigenvalue weighted by molar-refractivity contribution is 0.943. The number of benzene rings is 1. The van der Waals surface area contributed by atoms with Gasteiger partial charge in [0, 0.05) is 17.8 Å². The van der Waals surface area contributed by atoms with Crippen LogP contribution in [0.25, 0.3) is 16.9 Å². The van der Waals surface area contributed by atoms with Gasteiger partial charge in [0.05, 0.1) is 17.3 Å². The maximum atomic E-state index is 8.88. The van der Waals surface area contributed by atoms with Gasteiger partial charge in [0.15, 0.2) is 5.65 Å². The molecule has 0 unspecified atom stereocenters. The van der Waals surface area contributed by atoms with E-state index in [1.165, 1.54) is 0 Å². The molecule has 3 rings (SSSR count). The summed E-state index contributed by atoms with van der Waals surface area (Å²) in [5.41, 5.74) is 2.94. The third-order valence-electron chi connectivity index (χ3n) is 2.58. The van der Waals surface area contributed by atoms with Gasteiger partial charge in [0.25, 0.3) is 0 Å². The lowest BCUT2D eigenvalue weighted by Crippen LogP contribution is -1.88. The Morgan fingerprint density at radius 3 is 2.94 bits per heavy atom. The molecule has 0 aliphatic heterocycles. The SMILES string of the molecule is N#Cc1cccc(-c2cc3nc(Cl)ccn3n2)c1. The molecule has 0 aliphatic rings. The van der Waals surface area contributed by atoms with Gasteiger partial charge < -0.3 is 0 Å². The van der Waals surface area contributed by atoms with E-state index in [1.54, 1.807) is 28.9 Å². The highest BCUT2D eigenvalue weighted by Gasteiger charge is 2.06. The predicted molar refractivity (Wildman–Crippen MR) is 68.1 cm³/mol. The molecule has 0 saturated heterocycles. The van der Waals surface area contributed by atoms with Gasteiger partial charge in [-0.3, -0.25) is 0 Å². The van der Waals surface area contributed by atoms with Crippen molar-refractivity contribution in [3.63, 3.8) is 0 Å². The number of rotatable bonds is 1. The molecule has 0 fully saturated rings. The summed E-state index contributed by atoms with van der Waals surface area (Å²) in [6, 6.07) is 12.9. The van der Waals surface area contributed by atoms with Gasteiger partial charge in [-0.15, -0.1) is 0 Å². The van der Waals surface area contributed by atoms with E-state index < -0.39 is 0 Å². The second kappa shape index (κ2) is 4.13. The van der Waals surface area contributed by atoms with Gasteiger partial charge in [-0.25, -0.2) is 9.50 Å². The third kappa shape index (κ3) is 1.81. The zero-order valence-electron chi connectivity index (χ0n) is 9.21. The van der Waals surface area contributed by atoms with Crippen molar-refractivity contribution in [3.05, 3.63) is 53.3 Å². The number of hydrogen-bond donors (Lipinski definition) is 0. The summed E-state index contributed by atoms with van der Waals surface area (Å²) in [5.74, 6) is 0. The minimum atomic E-state index is 0.430. The van der Waals surface area contributed by atoms with Gasteiger partial charge in [0.2, 0.25) is 0 Å². The number of halogens is 1. The lowest BCUT2D eigenvalue weighted by Gasteiger charge is -1.95. The van der Waals surface area contributed by atoms with Crippen LogP contribution in [0.2, 0.25) is 5.15 Å². The smallest absolute Gasteiger partial charge is 0.157 e. The average Bonchev–Trinajstić information content (AvgIpc) is 2.81. The number of fused-ring (bicyclic) bond motifs is 1. The molecule has 0 N–H and O–H groups in total. The summed E-state index contributed by atoms with van der Waals surface area (Å²) < 4.78 is 1.65. The minimum absolute atomic E-state index is 0.430. The number of hydrogen-bond acceptors (Lipinski definition) is 3. The van der Waals surface area contributed by atoms with Crippen LogP contribution in [0.5, 0.6) is 0 Å². The Labute approximate surface area is 108 Å². The molecule has 2 aromatic heterocycles. The molecule has 4 nitrogen and oxygen atoms in total. The lowest BCUT2D eigenvalue weighted by atomic mass is 10.1. The van der Waals surface area contributed by atoms with E-state index in [-0.39, 0.29) is 0 Å². The van der Waals surface area contributed by atoms with Crippen molar-refractivity contribution < 1.29 is 0 Å². The highest BCUT2D eigenvalue weighted by Crippen LogP contribution is 2.20. The summed E-state index contributed by atoms with van der Waals surface area (Å²) in [6.45, 7) is 0. The molecule has 0 aliphatic carbocycles. The number of aromatic nitrogens is 3. The normalized spacial score (nSPS) is 10.4. The Kier molecular flexibility index (Phi) is 2.47. The van der Waals surface area contributed by atoms with Gasteiger partial charge in [-0.2, -0.15) is 10.4 Å². The van der Waals surface area contributed by atoms with Crippen molar-refractivity contribution in [1.82, 2.24) is 14.6 Å². The molecule has 0 bridgehead atoms. The standard InChI is InChI=1S/C13H7ClN4/c14-12-4-5-18-13(16-12)7-11(17-18)10-3-1-2-9(6-10)8-15/h1-7H. The molecule has 0 radical (unpaired) electrons. The first-order chi connectivity index (χ1) is 8.76. The molecular formula is C13H7ClN4. The third-order valence-corrected chi connectivity index (χ3v) is 2.79. The summed E-state index contributed by atoms with van der Waals surface area (Å²) >= 11 is 5.83. The maximum absolute atomic E-state index is 8.88. The van der Waals surface area contributed by atoms with Gasteiger partial charge >= 0.3 is 0 Å². The molecule has 0 saturated carbocycles. The first kappa shape index (κ1) is 10.8. The quantitative estimate of drug-likeness (QED) is 0.628. The second-order valence-corrected chi connectivity index (χ2v) is 4.16. The molecule has 0 spiro atoms. The van der Waals surface area contributed by atoms with Gasteiger partial charge in [0.1, 0.15) is 5.15 Å². The molecule has 2 heterocycles. The van der Waals surface area contributed by atoms with E-state index in [0.717, 1.165) is 11.3 Å². The van der Waals surface area contributed by atoms with Crippen LogP contribution < -0.4 is 0 Å². The maximum Gasteiger partial charge on any atom is 0.157 e. The molecule has 3 aromatic rings. The van der Waals surface area contributed by atoms with Crippen LogP contribution in [0.4, 0.5) is 0 Å². The fourth-order valence-corrected chi connectivity index (χ4v) is 1.89. The van der Waals surface area contributed by atoms with Crippen LogP contribution in [0.15, 0.2) is 42.6 Å². The van der Waals surface area contributed by atoms with Crippen molar-refractivity contribution in [1.29, 1.82) is 5.26 Å². The first-order valence-electron chi connectivity index (χ1n) is 5.29. The van der Waals surface area contributed by atoms with Crippen molar-refractivity contribution in [2.75, 3.05) is 0 Å². The summed E-state index contributed by atoms with van der Waals surface area (Å²) in [5, 5.41) is 13.7. The molecule has 0 amide bonds. The summed E-state index contributed by atoms with van der Waals surface area (Å²) in [7, 11) is 0. The minimum Gasteiger partial charge on any atom is -0.222 e. The van der Waals surface area contributed by atoms with Crippen LogP contribution in [-0.4, -0.2) is 14.6 Å². The van der Waals surface area contributed by atoms with E-state index in [2.05, 4.69) is 16.2 Å². The van der Waals surface area contributed by atoms with Gasteiger partial charge in [-0.1, -0.05) is 23.7 Å². The van der Waals surface area contributed by atoms with Crippen molar-refractivity contribution in [2.45, 2.75) is 0 Å². The zero-order chi connectivity index (χ0) is 12.5. The Morgan fingerprint density at radius 1 is 1.22 bits per heavy atom. The largest absolute Gasteiger partial charge is 0.222 e. The fourth-order valence-electron chi connectivity index (χ4n) is 1.75. The second-order valence-electron chi connectivity index (χ2n) is 3.78. The molecular weight excluding hydrogens is 248 g/mol.